The lowest BCUT2D eigenvalue weighted by atomic mass is 10.1. The van der Waals surface area contributed by atoms with Gasteiger partial charge in [0.15, 0.2) is 5.96 Å². The van der Waals surface area contributed by atoms with Crippen LogP contribution in [0.25, 0.3) is 0 Å². The molecule has 6 heteroatoms. The van der Waals surface area contributed by atoms with Crippen LogP contribution < -0.4 is 20.3 Å². The van der Waals surface area contributed by atoms with E-state index in [0.29, 0.717) is 6.04 Å². The average molecular weight is 387 g/mol. The molecule has 2 heterocycles. The molecular formula is C21H30N4OS. The van der Waals surface area contributed by atoms with Crippen molar-refractivity contribution in [2.75, 3.05) is 25.0 Å². The molecule has 3 rings (SSSR count). The molecule has 0 aliphatic carbocycles. The fourth-order valence-electron chi connectivity index (χ4n) is 3.23. The van der Waals surface area contributed by atoms with Crippen LogP contribution in [-0.2, 0) is 6.54 Å². The molecule has 1 aliphatic rings. The second-order valence-electron chi connectivity index (χ2n) is 7.09. The Bertz CT molecular complexity index is 704. The van der Waals surface area contributed by atoms with Crippen LogP contribution in [-0.4, -0.2) is 38.2 Å². The van der Waals surface area contributed by atoms with Crippen molar-refractivity contribution in [1.29, 1.82) is 0 Å². The first-order chi connectivity index (χ1) is 13.1. The van der Waals surface area contributed by atoms with Gasteiger partial charge in [-0.15, -0.1) is 11.3 Å². The summed E-state index contributed by atoms with van der Waals surface area (Å²) in [5.41, 5.74) is 1.21. The van der Waals surface area contributed by atoms with Crippen LogP contribution in [0.2, 0.25) is 0 Å². The van der Waals surface area contributed by atoms with E-state index in [2.05, 4.69) is 50.2 Å². The van der Waals surface area contributed by atoms with E-state index in [9.17, 15) is 0 Å². The summed E-state index contributed by atoms with van der Waals surface area (Å²) < 4.78 is 5.69. The molecule has 1 fully saturated rings. The maximum atomic E-state index is 5.69. The van der Waals surface area contributed by atoms with Crippen molar-refractivity contribution < 1.29 is 4.74 Å². The largest absolute Gasteiger partial charge is 0.491 e. The molecule has 5 nitrogen and oxygen atoms in total. The van der Waals surface area contributed by atoms with E-state index >= 15 is 0 Å². The fraction of sp³-hybridized carbons (Fsp3) is 0.476. The number of rotatable bonds is 6. The Kier molecular flexibility index (Phi) is 6.98. The minimum atomic E-state index is 0.197. The van der Waals surface area contributed by atoms with Crippen molar-refractivity contribution >= 4 is 22.3 Å². The van der Waals surface area contributed by atoms with Crippen molar-refractivity contribution in [2.45, 2.75) is 45.4 Å². The summed E-state index contributed by atoms with van der Waals surface area (Å²) in [6, 6.07) is 13.0. The highest BCUT2D eigenvalue weighted by molar-refractivity contribution is 7.14. The summed E-state index contributed by atoms with van der Waals surface area (Å²) in [6.07, 6.45) is 2.45. The predicted octanol–water partition coefficient (Wildman–Crippen LogP) is 3.87. The highest BCUT2D eigenvalue weighted by Gasteiger charge is 2.20. The maximum Gasteiger partial charge on any atom is 0.191 e. The molecule has 1 aromatic carbocycles. The summed E-state index contributed by atoms with van der Waals surface area (Å²) in [4.78, 5) is 6.85. The molecule has 0 bridgehead atoms. The Morgan fingerprint density at radius 2 is 1.96 bits per heavy atom. The van der Waals surface area contributed by atoms with Gasteiger partial charge in [-0.1, -0.05) is 12.1 Å². The van der Waals surface area contributed by atoms with Gasteiger partial charge in [-0.25, -0.2) is 0 Å². The van der Waals surface area contributed by atoms with Crippen molar-refractivity contribution in [3.05, 3.63) is 47.3 Å². The van der Waals surface area contributed by atoms with Crippen LogP contribution in [0.5, 0.6) is 5.75 Å². The Hall–Kier alpha value is -2.21. The van der Waals surface area contributed by atoms with E-state index in [1.807, 2.05) is 44.4 Å². The Labute approximate surface area is 166 Å². The third-order valence-electron chi connectivity index (χ3n) is 4.63. The van der Waals surface area contributed by atoms with Crippen molar-refractivity contribution in [1.82, 2.24) is 10.6 Å². The van der Waals surface area contributed by atoms with E-state index in [1.165, 1.54) is 10.6 Å². The van der Waals surface area contributed by atoms with E-state index in [-0.39, 0.29) is 6.10 Å². The average Bonchev–Trinajstić information content (AvgIpc) is 3.21. The summed E-state index contributed by atoms with van der Waals surface area (Å²) in [5, 5.41) is 10.5. The summed E-state index contributed by atoms with van der Waals surface area (Å²) in [7, 11) is 1.83. The predicted molar refractivity (Wildman–Crippen MR) is 115 cm³/mol. The lowest BCUT2D eigenvalue weighted by molar-refractivity contribution is 0.242. The number of guanidine groups is 1. The zero-order chi connectivity index (χ0) is 19.1. The third kappa shape index (κ3) is 5.89. The van der Waals surface area contributed by atoms with Crippen LogP contribution in [0.3, 0.4) is 0 Å². The minimum absolute atomic E-state index is 0.197. The lowest BCUT2D eigenvalue weighted by Gasteiger charge is -2.33. The van der Waals surface area contributed by atoms with Gasteiger partial charge in [0.1, 0.15) is 5.75 Å². The fourth-order valence-corrected chi connectivity index (χ4v) is 4.01. The summed E-state index contributed by atoms with van der Waals surface area (Å²) in [5.74, 6) is 1.78. The van der Waals surface area contributed by atoms with E-state index in [0.717, 1.165) is 44.2 Å². The number of ether oxygens (including phenoxy) is 1. The highest BCUT2D eigenvalue weighted by Crippen LogP contribution is 2.24. The van der Waals surface area contributed by atoms with Gasteiger partial charge in [-0.05, 0) is 61.9 Å². The molecule has 0 amide bonds. The number of piperidine rings is 1. The van der Waals surface area contributed by atoms with Gasteiger partial charge in [0.25, 0.3) is 0 Å². The number of hydrogen-bond donors (Lipinski definition) is 2. The number of nitrogens with zero attached hydrogens (tertiary/aromatic N) is 2. The summed E-state index contributed by atoms with van der Waals surface area (Å²) >= 11 is 1.82. The van der Waals surface area contributed by atoms with Crippen molar-refractivity contribution in [2.24, 2.45) is 4.99 Å². The molecule has 1 aromatic heterocycles. The van der Waals surface area contributed by atoms with Gasteiger partial charge >= 0.3 is 0 Å². The minimum Gasteiger partial charge on any atom is -0.491 e. The Balaban J connectivity index is 1.43. The van der Waals surface area contributed by atoms with Crippen LogP contribution in [0, 0.1) is 0 Å². The number of benzene rings is 1. The highest BCUT2D eigenvalue weighted by atomic mass is 32.1. The van der Waals surface area contributed by atoms with Gasteiger partial charge in [-0.2, -0.15) is 0 Å². The van der Waals surface area contributed by atoms with Gasteiger partial charge < -0.3 is 20.3 Å². The molecule has 0 saturated carbocycles. The number of aliphatic imine (C=N–C) groups is 1. The van der Waals surface area contributed by atoms with Gasteiger partial charge in [0, 0.05) is 32.7 Å². The maximum absolute atomic E-state index is 5.69. The number of anilines is 1. The molecular weight excluding hydrogens is 356 g/mol. The first kappa shape index (κ1) is 19.5. The van der Waals surface area contributed by atoms with Crippen LogP contribution in [0.1, 0.15) is 32.3 Å². The first-order valence-electron chi connectivity index (χ1n) is 9.65. The van der Waals surface area contributed by atoms with E-state index < -0.39 is 0 Å². The van der Waals surface area contributed by atoms with E-state index in [1.54, 1.807) is 0 Å². The summed E-state index contributed by atoms with van der Waals surface area (Å²) in [6.45, 7) is 7.00. The van der Waals surface area contributed by atoms with Gasteiger partial charge in [0.2, 0.25) is 0 Å². The molecule has 146 valence electrons. The monoisotopic (exact) mass is 386 g/mol. The van der Waals surface area contributed by atoms with Crippen LogP contribution in [0.15, 0.2) is 46.8 Å². The number of hydrogen-bond acceptors (Lipinski definition) is 4. The molecule has 0 spiro atoms. The standard InChI is InChI=1S/C21H30N4OS/c1-16(2)26-19-8-6-17(7-9-19)15-23-21(22-3)24-18-10-12-25(13-11-18)20-5-4-14-27-20/h4-9,14,16,18H,10-13,15H2,1-3H3,(H2,22,23,24). The van der Waals surface area contributed by atoms with Crippen LogP contribution in [0.4, 0.5) is 5.00 Å². The normalized spacial score (nSPS) is 15.9. The van der Waals surface area contributed by atoms with Crippen molar-refractivity contribution in [3.63, 3.8) is 0 Å². The molecule has 0 radical (unpaired) electrons. The van der Waals surface area contributed by atoms with E-state index in [4.69, 9.17) is 4.74 Å². The second-order valence-corrected chi connectivity index (χ2v) is 8.02. The number of nitrogens with one attached hydrogen (secondary N) is 2. The van der Waals surface area contributed by atoms with Gasteiger partial charge in [0.05, 0.1) is 11.1 Å². The first-order valence-corrected chi connectivity index (χ1v) is 10.5. The SMILES string of the molecule is CN=C(NCc1ccc(OC(C)C)cc1)NC1CCN(c2cccs2)CC1. The molecule has 2 N–H and O–H groups in total. The van der Waals surface area contributed by atoms with Crippen molar-refractivity contribution in [3.8, 4) is 5.75 Å². The third-order valence-corrected chi connectivity index (χ3v) is 5.56. The molecule has 27 heavy (non-hydrogen) atoms. The Morgan fingerprint density at radius 1 is 1.22 bits per heavy atom. The zero-order valence-electron chi connectivity index (χ0n) is 16.4. The van der Waals surface area contributed by atoms with Crippen LogP contribution >= 0.6 is 11.3 Å². The topological polar surface area (TPSA) is 48.9 Å². The Morgan fingerprint density at radius 3 is 2.56 bits per heavy atom. The lowest BCUT2D eigenvalue weighted by Crippen LogP contribution is -2.48. The van der Waals surface area contributed by atoms with Gasteiger partial charge in [-0.3, -0.25) is 4.99 Å². The number of thiophene rings is 1. The molecule has 2 aromatic rings. The smallest absolute Gasteiger partial charge is 0.191 e. The molecule has 0 unspecified atom stereocenters. The molecule has 0 atom stereocenters. The zero-order valence-corrected chi connectivity index (χ0v) is 17.3. The molecule has 1 saturated heterocycles. The second kappa shape index (κ2) is 9.65. The quantitative estimate of drug-likeness (QED) is 0.584. The molecule has 1 aliphatic heterocycles.